The Hall–Kier alpha value is -1.28. The summed E-state index contributed by atoms with van der Waals surface area (Å²) in [7, 11) is 1.96. The molecule has 0 spiro atoms. The molecule has 1 heterocycles. The SMILES string of the molecule is C=C(NC)C(CN1CCCC1)c1ccccc1. The maximum absolute atomic E-state index is 4.15. The van der Waals surface area contributed by atoms with E-state index in [1.54, 1.807) is 0 Å². The molecule has 0 amide bonds. The van der Waals surface area contributed by atoms with Gasteiger partial charge >= 0.3 is 0 Å². The van der Waals surface area contributed by atoms with Crippen LogP contribution in [0, 0.1) is 0 Å². The van der Waals surface area contributed by atoms with Crippen LogP contribution in [0.2, 0.25) is 0 Å². The summed E-state index contributed by atoms with van der Waals surface area (Å²) in [5.74, 6) is 0.402. The minimum atomic E-state index is 0.402. The van der Waals surface area contributed by atoms with Crippen molar-refractivity contribution in [3.63, 3.8) is 0 Å². The van der Waals surface area contributed by atoms with E-state index in [1.165, 1.54) is 31.5 Å². The molecular weight excluding hydrogens is 208 g/mol. The molecule has 0 radical (unpaired) electrons. The molecular formula is C15H22N2. The maximum Gasteiger partial charge on any atom is 0.0358 e. The molecule has 1 saturated heterocycles. The highest BCUT2D eigenvalue weighted by molar-refractivity contribution is 5.27. The van der Waals surface area contributed by atoms with Gasteiger partial charge in [0.2, 0.25) is 0 Å². The molecule has 2 heteroatoms. The van der Waals surface area contributed by atoms with E-state index in [0.29, 0.717) is 5.92 Å². The van der Waals surface area contributed by atoms with Crippen LogP contribution < -0.4 is 5.32 Å². The first-order chi connectivity index (χ1) is 8.31. The zero-order chi connectivity index (χ0) is 12.1. The van der Waals surface area contributed by atoms with Gasteiger partial charge in [-0.05, 0) is 31.5 Å². The van der Waals surface area contributed by atoms with Gasteiger partial charge in [0.25, 0.3) is 0 Å². The Morgan fingerprint density at radius 2 is 1.94 bits per heavy atom. The average Bonchev–Trinajstić information content (AvgIpc) is 2.89. The summed E-state index contributed by atoms with van der Waals surface area (Å²) in [6.07, 6.45) is 2.68. The highest BCUT2D eigenvalue weighted by Crippen LogP contribution is 2.24. The van der Waals surface area contributed by atoms with Crippen LogP contribution in [0.5, 0.6) is 0 Å². The maximum atomic E-state index is 4.15. The van der Waals surface area contributed by atoms with E-state index in [-0.39, 0.29) is 0 Å². The second-order valence-corrected chi connectivity index (χ2v) is 4.75. The summed E-state index contributed by atoms with van der Waals surface area (Å²) in [6, 6.07) is 10.7. The normalized spacial score (nSPS) is 17.9. The first kappa shape index (κ1) is 12.2. The number of nitrogens with zero attached hydrogens (tertiary/aromatic N) is 1. The van der Waals surface area contributed by atoms with Crippen LogP contribution in [0.4, 0.5) is 0 Å². The van der Waals surface area contributed by atoms with Crippen LogP contribution in [0.3, 0.4) is 0 Å². The molecule has 1 aromatic carbocycles. The van der Waals surface area contributed by atoms with E-state index < -0.39 is 0 Å². The lowest BCUT2D eigenvalue weighted by atomic mass is 9.95. The van der Waals surface area contributed by atoms with Gasteiger partial charge in [0.1, 0.15) is 0 Å². The van der Waals surface area contributed by atoms with Crippen molar-refractivity contribution in [2.75, 3.05) is 26.7 Å². The Morgan fingerprint density at radius 3 is 2.53 bits per heavy atom. The number of likely N-dealkylation sites (N-methyl/N-ethyl adjacent to an activating group) is 1. The zero-order valence-electron chi connectivity index (χ0n) is 10.7. The summed E-state index contributed by atoms with van der Waals surface area (Å²) >= 11 is 0. The van der Waals surface area contributed by atoms with Crippen LogP contribution in [-0.2, 0) is 0 Å². The second kappa shape index (κ2) is 5.87. The van der Waals surface area contributed by atoms with E-state index in [1.807, 2.05) is 7.05 Å². The summed E-state index contributed by atoms with van der Waals surface area (Å²) in [5, 5.41) is 3.22. The van der Waals surface area contributed by atoms with Gasteiger partial charge in [-0.3, -0.25) is 0 Å². The zero-order valence-corrected chi connectivity index (χ0v) is 10.7. The van der Waals surface area contributed by atoms with Crippen LogP contribution >= 0.6 is 0 Å². The van der Waals surface area contributed by atoms with Crippen molar-refractivity contribution in [3.8, 4) is 0 Å². The Kier molecular flexibility index (Phi) is 4.21. The fourth-order valence-corrected chi connectivity index (χ4v) is 2.50. The molecule has 1 aliphatic heterocycles. The fourth-order valence-electron chi connectivity index (χ4n) is 2.50. The lowest BCUT2D eigenvalue weighted by Gasteiger charge is -2.25. The molecule has 1 aromatic rings. The lowest BCUT2D eigenvalue weighted by Crippen LogP contribution is -2.29. The Morgan fingerprint density at radius 1 is 1.29 bits per heavy atom. The monoisotopic (exact) mass is 230 g/mol. The first-order valence-corrected chi connectivity index (χ1v) is 6.45. The fraction of sp³-hybridized carbons (Fsp3) is 0.467. The molecule has 0 bridgehead atoms. The molecule has 1 fully saturated rings. The first-order valence-electron chi connectivity index (χ1n) is 6.45. The lowest BCUT2D eigenvalue weighted by molar-refractivity contribution is 0.323. The van der Waals surface area contributed by atoms with Gasteiger partial charge in [0.05, 0.1) is 0 Å². The summed E-state index contributed by atoms with van der Waals surface area (Å²) < 4.78 is 0. The van der Waals surface area contributed by atoms with E-state index >= 15 is 0 Å². The van der Waals surface area contributed by atoms with Gasteiger partial charge in [0.15, 0.2) is 0 Å². The van der Waals surface area contributed by atoms with Crippen molar-refractivity contribution in [3.05, 3.63) is 48.2 Å². The third-order valence-corrected chi connectivity index (χ3v) is 3.58. The minimum absolute atomic E-state index is 0.402. The summed E-state index contributed by atoms with van der Waals surface area (Å²) in [5.41, 5.74) is 2.47. The highest BCUT2D eigenvalue weighted by Gasteiger charge is 2.20. The van der Waals surface area contributed by atoms with Gasteiger partial charge in [-0.25, -0.2) is 0 Å². The standard InChI is InChI=1S/C15H22N2/c1-13(16-2)15(12-17-10-6-7-11-17)14-8-4-3-5-9-14/h3-5,8-9,15-16H,1,6-7,10-12H2,2H3. The largest absolute Gasteiger partial charge is 0.391 e. The molecule has 0 aliphatic carbocycles. The molecule has 1 aliphatic rings. The van der Waals surface area contributed by atoms with Gasteiger partial charge in [-0.2, -0.15) is 0 Å². The Balaban J connectivity index is 2.10. The van der Waals surface area contributed by atoms with Crippen molar-refractivity contribution in [2.24, 2.45) is 0 Å². The number of nitrogens with one attached hydrogen (secondary N) is 1. The third kappa shape index (κ3) is 3.10. The average molecular weight is 230 g/mol. The summed E-state index contributed by atoms with van der Waals surface area (Å²) in [6.45, 7) is 7.71. The van der Waals surface area contributed by atoms with E-state index in [2.05, 4.69) is 47.1 Å². The van der Waals surface area contributed by atoms with Crippen molar-refractivity contribution >= 4 is 0 Å². The molecule has 1 unspecified atom stereocenters. The topological polar surface area (TPSA) is 15.3 Å². The van der Waals surface area contributed by atoms with Gasteiger partial charge in [0, 0.05) is 25.2 Å². The molecule has 1 atom stereocenters. The summed E-state index contributed by atoms with van der Waals surface area (Å²) in [4.78, 5) is 2.54. The minimum Gasteiger partial charge on any atom is -0.391 e. The van der Waals surface area contributed by atoms with Crippen molar-refractivity contribution in [2.45, 2.75) is 18.8 Å². The molecule has 2 rings (SSSR count). The Labute approximate surface area is 104 Å². The van der Waals surface area contributed by atoms with E-state index in [4.69, 9.17) is 0 Å². The highest BCUT2D eigenvalue weighted by atomic mass is 15.1. The second-order valence-electron chi connectivity index (χ2n) is 4.75. The number of hydrogen-bond donors (Lipinski definition) is 1. The van der Waals surface area contributed by atoms with Crippen molar-refractivity contribution in [1.82, 2.24) is 10.2 Å². The molecule has 17 heavy (non-hydrogen) atoms. The Bertz CT molecular complexity index is 352. The van der Waals surface area contributed by atoms with Gasteiger partial charge < -0.3 is 10.2 Å². The van der Waals surface area contributed by atoms with Crippen LogP contribution in [0.15, 0.2) is 42.6 Å². The van der Waals surface area contributed by atoms with Crippen LogP contribution in [0.25, 0.3) is 0 Å². The van der Waals surface area contributed by atoms with Gasteiger partial charge in [-0.1, -0.05) is 36.9 Å². The molecule has 0 saturated carbocycles. The van der Waals surface area contributed by atoms with Crippen molar-refractivity contribution < 1.29 is 0 Å². The quantitative estimate of drug-likeness (QED) is 0.836. The molecule has 92 valence electrons. The van der Waals surface area contributed by atoms with E-state index in [9.17, 15) is 0 Å². The smallest absolute Gasteiger partial charge is 0.0358 e. The van der Waals surface area contributed by atoms with Crippen molar-refractivity contribution in [1.29, 1.82) is 0 Å². The number of hydrogen-bond acceptors (Lipinski definition) is 2. The predicted molar refractivity (Wildman–Crippen MR) is 73.1 cm³/mol. The third-order valence-electron chi connectivity index (χ3n) is 3.58. The number of benzene rings is 1. The van der Waals surface area contributed by atoms with Gasteiger partial charge in [-0.15, -0.1) is 0 Å². The number of likely N-dealkylation sites (tertiary alicyclic amines) is 1. The number of rotatable bonds is 5. The molecule has 2 nitrogen and oxygen atoms in total. The van der Waals surface area contributed by atoms with E-state index in [0.717, 1.165) is 12.2 Å². The van der Waals surface area contributed by atoms with Crippen LogP contribution in [0.1, 0.15) is 24.3 Å². The van der Waals surface area contributed by atoms with Crippen LogP contribution in [-0.4, -0.2) is 31.6 Å². The molecule has 0 aromatic heterocycles. The molecule has 1 N–H and O–H groups in total. The predicted octanol–water partition coefficient (Wildman–Crippen LogP) is 2.60.